The molecule has 2 rings (SSSR count). The van der Waals surface area contributed by atoms with E-state index in [1.807, 2.05) is 24.3 Å². The molecule has 2 atom stereocenters. The number of benzene rings is 1. The molecular weight excluding hydrogens is 382 g/mol. The molecule has 8 N–H and O–H groups in total. The van der Waals surface area contributed by atoms with Crippen LogP contribution >= 0.6 is 0 Å². The van der Waals surface area contributed by atoms with Gasteiger partial charge in [-0.1, -0.05) is 18.2 Å². The summed E-state index contributed by atoms with van der Waals surface area (Å²) >= 11 is 0. The Hall–Kier alpha value is -3.44. The number of nitrogens with one attached hydrogen (secondary N) is 4. The maximum Gasteiger partial charge on any atom is 0.328 e. The number of amides is 3. The highest BCUT2D eigenvalue weighted by molar-refractivity contribution is 5.93. The van der Waals surface area contributed by atoms with Gasteiger partial charge in [-0.05, 0) is 11.6 Å². The van der Waals surface area contributed by atoms with Gasteiger partial charge in [-0.25, -0.2) is 4.79 Å². The fraction of sp³-hybridized carbons (Fsp3) is 0.333. The van der Waals surface area contributed by atoms with Crippen LogP contribution in [0.5, 0.6) is 0 Å². The van der Waals surface area contributed by atoms with E-state index in [-0.39, 0.29) is 13.0 Å². The van der Waals surface area contributed by atoms with Gasteiger partial charge >= 0.3 is 5.97 Å². The van der Waals surface area contributed by atoms with Gasteiger partial charge in [0.25, 0.3) is 0 Å². The lowest BCUT2D eigenvalue weighted by atomic mass is 10.0. The maximum absolute atomic E-state index is 12.6. The minimum atomic E-state index is -1.51. The summed E-state index contributed by atoms with van der Waals surface area (Å²) in [5.41, 5.74) is 6.72. The number of carbonyl (C=O) groups excluding carboxylic acids is 3. The number of nitrogens with two attached hydrogens (primary N) is 1. The molecule has 1 aromatic heterocycles. The molecule has 0 fully saturated rings. The molecule has 0 spiro atoms. The van der Waals surface area contributed by atoms with Crippen molar-refractivity contribution in [3.63, 3.8) is 0 Å². The van der Waals surface area contributed by atoms with E-state index in [0.717, 1.165) is 16.5 Å². The number of aliphatic hydroxyl groups is 1. The molecule has 0 aliphatic heterocycles. The third-order valence-corrected chi connectivity index (χ3v) is 4.18. The number of para-hydroxylation sites is 1. The van der Waals surface area contributed by atoms with E-state index in [1.54, 1.807) is 6.20 Å². The summed E-state index contributed by atoms with van der Waals surface area (Å²) in [6.07, 6.45) is 1.75. The van der Waals surface area contributed by atoms with Gasteiger partial charge in [0.2, 0.25) is 17.7 Å². The lowest BCUT2D eigenvalue weighted by Crippen LogP contribution is -2.54. The summed E-state index contributed by atoms with van der Waals surface area (Å²) in [6.45, 7) is -1.49. The predicted octanol–water partition coefficient (Wildman–Crippen LogP) is -2.17. The van der Waals surface area contributed by atoms with Crippen LogP contribution in [-0.2, 0) is 25.6 Å². The minimum absolute atomic E-state index is 0.0597. The Morgan fingerprint density at radius 3 is 2.45 bits per heavy atom. The third-order valence-electron chi connectivity index (χ3n) is 4.18. The summed E-state index contributed by atoms with van der Waals surface area (Å²) in [6, 6.07) is 4.70. The molecule has 0 saturated heterocycles. The number of carboxylic acid groups (broad SMARTS) is 1. The first-order valence-electron chi connectivity index (χ1n) is 8.80. The van der Waals surface area contributed by atoms with Crippen LogP contribution in [0.25, 0.3) is 10.9 Å². The molecule has 0 radical (unpaired) electrons. The SMILES string of the molecule is NCC(=O)NCC(=O)NC(Cc1c[nH]c2ccccc12)C(=O)NC(CO)C(=O)O. The molecule has 0 saturated carbocycles. The number of rotatable bonds is 10. The Balaban J connectivity index is 2.17. The number of aliphatic carboxylic acids is 1. The number of carboxylic acids is 1. The van der Waals surface area contributed by atoms with Crippen LogP contribution in [0.3, 0.4) is 0 Å². The summed E-state index contributed by atoms with van der Waals surface area (Å²) in [7, 11) is 0. The number of hydrogen-bond donors (Lipinski definition) is 7. The molecule has 0 aliphatic rings. The van der Waals surface area contributed by atoms with Gasteiger partial charge in [-0.2, -0.15) is 0 Å². The normalized spacial score (nSPS) is 12.8. The lowest BCUT2D eigenvalue weighted by molar-refractivity contribution is -0.143. The number of aromatic nitrogens is 1. The van der Waals surface area contributed by atoms with Crippen LogP contribution in [0.4, 0.5) is 0 Å². The number of carbonyl (C=O) groups is 4. The van der Waals surface area contributed by atoms with Gasteiger partial charge < -0.3 is 36.9 Å². The molecule has 11 heteroatoms. The Bertz CT molecular complexity index is 896. The van der Waals surface area contributed by atoms with Crippen LogP contribution in [0, 0.1) is 0 Å². The summed E-state index contributed by atoms with van der Waals surface area (Å²) < 4.78 is 0. The first-order valence-corrected chi connectivity index (χ1v) is 8.80. The Kier molecular flexibility index (Phi) is 7.69. The van der Waals surface area contributed by atoms with E-state index in [4.69, 9.17) is 15.9 Å². The van der Waals surface area contributed by atoms with Crippen LogP contribution in [-0.4, -0.2) is 70.7 Å². The first-order chi connectivity index (χ1) is 13.8. The molecule has 11 nitrogen and oxygen atoms in total. The molecule has 2 aromatic rings. The van der Waals surface area contributed by atoms with Crippen molar-refractivity contribution in [3.8, 4) is 0 Å². The number of aliphatic hydroxyl groups excluding tert-OH is 1. The van der Waals surface area contributed by atoms with Gasteiger partial charge in [0, 0.05) is 23.5 Å². The van der Waals surface area contributed by atoms with Crippen LogP contribution in [0.2, 0.25) is 0 Å². The van der Waals surface area contributed by atoms with E-state index in [9.17, 15) is 19.2 Å². The highest BCUT2D eigenvalue weighted by atomic mass is 16.4. The average molecular weight is 405 g/mol. The maximum atomic E-state index is 12.6. The minimum Gasteiger partial charge on any atom is -0.480 e. The second kappa shape index (κ2) is 10.2. The van der Waals surface area contributed by atoms with Crippen LogP contribution < -0.4 is 21.7 Å². The second-order valence-corrected chi connectivity index (χ2v) is 6.25. The van der Waals surface area contributed by atoms with Crippen molar-refractivity contribution in [1.29, 1.82) is 0 Å². The standard InChI is InChI=1S/C18H23N5O6/c19-6-15(25)21-8-16(26)22-13(17(27)23-14(9-24)18(28)29)5-10-7-20-12-4-2-1-3-11(10)12/h1-4,7,13-14,20,24H,5-6,8-9,19H2,(H,21,25)(H,22,26)(H,23,27)(H,28,29). The molecule has 0 bridgehead atoms. The second-order valence-electron chi connectivity index (χ2n) is 6.25. The van der Waals surface area contributed by atoms with Gasteiger partial charge in [-0.3, -0.25) is 14.4 Å². The van der Waals surface area contributed by atoms with Gasteiger partial charge in [0.05, 0.1) is 19.7 Å². The van der Waals surface area contributed by atoms with Crippen molar-refractivity contribution in [2.75, 3.05) is 19.7 Å². The van der Waals surface area contributed by atoms with Crippen molar-refractivity contribution in [3.05, 3.63) is 36.0 Å². The van der Waals surface area contributed by atoms with Crippen molar-refractivity contribution < 1.29 is 29.4 Å². The molecule has 1 heterocycles. The smallest absolute Gasteiger partial charge is 0.328 e. The lowest BCUT2D eigenvalue weighted by Gasteiger charge is -2.20. The predicted molar refractivity (Wildman–Crippen MR) is 103 cm³/mol. The Morgan fingerprint density at radius 1 is 1.07 bits per heavy atom. The molecule has 29 heavy (non-hydrogen) atoms. The number of fused-ring (bicyclic) bond motifs is 1. The fourth-order valence-electron chi connectivity index (χ4n) is 2.68. The van der Waals surface area contributed by atoms with E-state index < -0.39 is 48.9 Å². The van der Waals surface area contributed by atoms with Crippen molar-refractivity contribution in [1.82, 2.24) is 20.9 Å². The monoisotopic (exact) mass is 405 g/mol. The highest BCUT2D eigenvalue weighted by Crippen LogP contribution is 2.19. The van der Waals surface area contributed by atoms with Gasteiger partial charge in [0.1, 0.15) is 12.1 Å². The molecule has 2 unspecified atom stereocenters. The molecular formula is C18H23N5O6. The van der Waals surface area contributed by atoms with E-state index >= 15 is 0 Å². The van der Waals surface area contributed by atoms with Crippen molar-refractivity contribution in [2.24, 2.45) is 5.73 Å². The molecule has 0 aliphatic carbocycles. The largest absolute Gasteiger partial charge is 0.480 e. The highest BCUT2D eigenvalue weighted by Gasteiger charge is 2.27. The van der Waals surface area contributed by atoms with E-state index in [0.29, 0.717) is 0 Å². The summed E-state index contributed by atoms with van der Waals surface area (Å²) in [5, 5.41) is 25.9. The Labute approximate surface area is 165 Å². The fourth-order valence-corrected chi connectivity index (χ4v) is 2.68. The van der Waals surface area contributed by atoms with Gasteiger partial charge in [-0.15, -0.1) is 0 Å². The first kappa shape index (κ1) is 21.9. The molecule has 1 aromatic carbocycles. The zero-order chi connectivity index (χ0) is 21.4. The molecule has 3 amide bonds. The van der Waals surface area contributed by atoms with E-state index in [2.05, 4.69) is 20.9 Å². The number of H-pyrrole nitrogens is 1. The number of aromatic amines is 1. The zero-order valence-electron chi connectivity index (χ0n) is 15.5. The number of hydrogen-bond acceptors (Lipinski definition) is 6. The van der Waals surface area contributed by atoms with Gasteiger partial charge in [0.15, 0.2) is 0 Å². The van der Waals surface area contributed by atoms with E-state index in [1.165, 1.54) is 0 Å². The topological polar surface area (TPSA) is 187 Å². The van der Waals surface area contributed by atoms with Crippen molar-refractivity contribution in [2.45, 2.75) is 18.5 Å². The van der Waals surface area contributed by atoms with Crippen LogP contribution in [0.1, 0.15) is 5.56 Å². The third kappa shape index (κ3) is 6.02. The molecule has 156 valence electrons. The summed E-state index contributed by atoms with van der Waals surface area (Å²) in [5.74, 6) is -3.38. The quantitative estimate of drug-likeness (QED) is 0.234. The zero-order valence-corrected chi connectivity index (χ0v) is 15.5. The van der Waals surface area contributed by atoms with Crippen LogP contribution in [0.15, 0.2) is 30.5 Å². The average Bonchev–Trinajstić information content (AvgIpc) is 3.12. The summed E-state index contributed by atoms with van der Waals surface area (Å²) in [4.78, 5) is 50.1. The Morgan fingerprint density at radius 2 is 1.79 bits per heavy atom. The van der Waals surface area contributed by atoms with Crippen molar-refractivity contribution >= 4 is 34.6 Å².